The second-order valence-electron chi connectivity index (χ2n) is 4.41. The Kier molecular flexibility index (Phi) is 3.69. The Morgan fingerprint density at radius 2 is 1.73 bits per heavy atom. The molecule has 22 heavy (non-hydrogen) atoms. The van der Waals surface area contributed by atoms with Crippen LogP contribution in [0.1, 0.15) is 5.82 Å². The van der Waals surface area contributed by atoms with Crippen molar-refractivity contribution in [1.82, 2.24) is 19.7 Å². The summed E-state index contributed by atoms with van der Waals surface area (Å²) >= 11 is 2.99. The molecular weight excluding hydrogens is 361 g/mol. The first kappa shape index (κ1) is 14.7. The molecule has 2 aromatic heterocycles. The second kappa shape index (κ2) is 5.53. The van der Waals surface area contributed by atoms with Crippen LogP contribution in [0.5, 0.6) is 0 Å². The molecule has 0 N–H and O–H groups in total. The van der Waals surface area contributed by atoms with Crippen LogP contribution in [0.25, 0.3) is 16.8 Å². The molecule has 0 spiro atoms. The van der Waals surface area contributed by atoms with Gasteiger partial charge >= 0.3 is 6.18 Å². The van der Waals surface area contributed by atoms with Gasteiger partial charge in [-0.05, 0) is 27.6 Å². The van der Waals surface area contributed by atoms with E-state index in [1.54, 1.807) is 12.3 Å². The highest BCUT2D eigenvalue weighted by Gasteiger charge is 2.37. The van der Waals surface area contributed by atoms with E-state index >= 15 is 0 Å². The van der Waals surface area contributed by atoms with Crippen LogP contribution in [0.15, 0.2) is 53.5 Å². The maximum Gasteiger partial charge on any atom is 0.453 e. The number of hydrogen-bond donors (Lipinski definition) is 0. The molecule has 0 bridgehead atoms. The number of hydrogen-bond acceptors (Lipinski definition) is 3. The molecule has 0 atom stereocenters. The topological polar surface area (TPSA) is 43.6 Å². The molecule has 0 aliphatic carbocycles. The third-order valence-electron chi connectivity index (χ3n) is 2.90. The Labute approximate surface area is 131 Å². The van der Waals surface area contributed by atoms with Crippen molar-refractivity contribution in [3.63, 3.8) is 0 Å². The van der Waals surface area contributed by atoms with Gasteiger partial charge in [-0.25, -0.2) is 4.68 Å². The minimum atomic E-state index is -4.60. The normalized spacial score (nSPS) is 11.6. The van der Waals surface area contributed by atoms with Gasteiger partial charge in [-0.15, -0.1) is 5.10 Å². The van der Waals surface area contributed by atoms with Crippen LogP contribution < -0.4 is 0 Å². The van der Waals surface area contributed by atoms with Gasteiger partial charge < -0.3 is 0 Å². The summed E-state index contributed by atoms with van der Waals surface area (Å²) in [6, 6.07) is 11.1. The average Bonchev–Trinajstić information content (AvgIpc) is 2.90. The van der Waals surface area contributed by atoms with E-state index < -0.39 is 12.0 Å². The Bertz CT molecular complexity index is 799. The second-order valence-corrected chi connectivity index (χ2v) is 5.12. The number of pyridine rings is 1. The number of nitrogens with zero attached hydrogens (tertiary/aromatic N) is 4. The fraction of sp³-hybridized carbons (Fsp3) is 0.0714. The van der Waals surface area contributed by atoms with Crippen LogP contribution in [-0.2, 0) is 6.18 Å². The van der Waals surface area contributed by atoms with E-state index in [2.05, 4.69) is 31.0 Å². The molecule has 3 aromatic rings. The fourth-order valence-corrected chi connectivity index (χ4v) is 2.36. The molecule has 2 heterocycles. The zero-order chi connectivity index (χ0) is 15.7. The number of aromatic nitrogens is 4. The summed E-state index contributed by atoms with van der Waals surface area (Å²) in [7, 11) is 0. The summed E-state index contributed by atoms with van der Waals surface area (Å²) in [4.78, 5) is 7.44. The molecule has 8 heteroatoms. The Balaban J connectivity index is 2.05. The highest BCUT2D eigenvalue weighted by atomic mass is 79.9. The van der Waals surface area contributed by atoms with Crippen molar-refractivity contribution >= 4 is 15.9 Å². The van der Waals surface area contributed by atoms with Crippen LogP contribution in [0.3, 0.4) is 0 Å². The monoisotopic (exact) mass is 368 g/mol. The third kappa shape index (κ3) is 2.87. The number of alkyl halides is 3. The smallest absolute Gasteiger partial charge is 0.262 e. The van der Waals surface area contributed by atoms with Crippen molar-refractivity contribution in [3.8, 4) is 16.8 Å². The molecule has 0 saturated heterocycles. The maximum absolute atomic E-state index is 12.7. The van der Waals surface area contributed by atoms with E-state index in [-0.39, 0.29) is 4.73 Å². The van der Waals surface area contributed by atoms with Crippen molar-refractivity contribution < 1.29 is 13.2 Å². The summed E-state index contributed by atoms with van der Waals surface area (Å²) in [6.45, 7) is 0. The van der Waals surface area contributed by atoms with Crippen molar-refractivity contribution in [2.75, 3.05) is 0 Å². The molecule has 3 rings (SSSR count). The molecule has 4 nitrogen and oxygen atoms in total. The van der Waals surface area contributed by atoms with Gasteiger partial charge in [0.2, 0.25) is 4.73 Å². The predicted octanol–water partition coefficient (Wildman–Crippen LogP) is 4.11. The molecule has 0 unspecified atom stereocenters. The first-order valence-electron chi connectivity index (χ1n) is 6.16. The van der Waals surface area contributed by atoms with Crippen LogP contribution in [0, 0.1) is 0 Å². The summed E-state index contributed by atoms with van der Waals surface area (Å²) in [5.74, 6) is -1.20. The largest absolute Gasteiger partial charge is 0.453 e. The maximum atomic E-state index is 12.7. The molecule has 0 aliphatic heterocycles. The van der Waals surface area contributed by atoms with Crippen molar-refractivity contribution in [2.24, 2.45) is 0 Å². The van der Waals surface area contributed by atoms with E-state index in [1.807, 2.05) is 30.3 Å². The third-order valence-corrected chi connectivity index (χ3v) is 3.41. The van der Waals surface area contributed by atoms with E-state index in [0.717, 1.165) is 15.8 Å². The van der Waals surface area contributed by atoms with Gasteiger partial charge in [0.05, 0.1) is 11.9 Å². The highest BCUT2D eigenvalue weighted by molar-refractivity contribution is 9.10. The van der Waals surface area contributed by atoms with Crippen LogP contribution in [0.2, 0.25) is 0 Å². The fourth-order valence-electron chi connectivity index (χ4n) is 1.91. The van der Waals surface area contributed by atoms with Crippen molar-refractivity contribution in [1.29, 1.82) is 0 Å². The molecule has 0 radical (unpaired) electrons. The standard InChI is InChI=1S/C14H8BrF3N4/c15-13-20-12(14(16,17)18)21-22(13)11-6-10(7-19-8-11)9-4-2-1-3-5-9/h1-8H. The summed E-state index contributed by atoms with van der Waals surface area (Å²) in [6.07, 6.45) is -1.54. The Morgan fingerprint density at radius 3 is 2.36 bits per heavy atom. The lowest BCUT2D eigenvalue weighted by atomic mass is 10.1. The molecule has 0 amide bonds. The van der Waals surface area contributed by atoms with E-state index in [1.165, 1.54) is 6.20 Å². The van der Waals surface area contributed by atoms with Crippen LogP contribution in [-0.4, -0.2) is 19.7 Å². The minimum absolute atomic E-state index is 0.0353. The summed E-state index contributed by atoms with van der Waals surface area (Å²) in [5.41, 5.74) is 2.06. The van der Waals surface area contributed by atoms with Gasteiger partial charge in [0.15, 0.2) is 0 Å². The lowest BCUT2D eigenvalue weighted by molar-refractivity contribution is -0.144. The highest BCUT2D eigenvalue weighted by Crippen LogP contribution is 2.29. The SMILES string of the molecule is FC(F)(F)c1nc(Br)n(-c2cncc(-c3ccccc3)c2)n1. The molecule has 0 fully saturated rings. The first-order valence-corrected chi connectivity index (χ1v) is 6.95. The van der Waals surface area contributed by atoms with Crippen molar-refractivity contribution in [3.05, 3.63) is 59.3 Å². The lowest BCUT2D eigenvalue weighted by Crippen LogP contribution is -2.08. The van der Waals surface area contributed by atoms with Gasteiger partial charge in [-0.2, -0.15) is 18.2 Å². The predicted molar refractivity (Wildman–Crippen MR) is 77.3 cm³/mol. The van der Waals surface area contributed by atoms with Gasteiger partial charge in [0, 0.05) is 11.8 Å². The summed E-state index contributed by atoms with van der Waals surface area (Å²) in [5, 5.41) is 3.48. The minimum Gasteiger partial charge on any atom is -0.262 e. The van der Waals surface area contributed by atoms with E-state index in [0.29, 0.717) is 5.69 Å². The number of rotatable bonds is 2. The lowest BCUT2D eigenvalue weighted by Gasteiger charge is -2.05. The average molecular weight is 369 g/mol. The quantitative estimate of drug-likeness (QED) is 0.683. The molecule has 112 valence electrons. The van der Waals surface area contributed by atoms with E-state index in [9.17, 15) is 13.2 Å². The molecule has 0 saturated carbocycles. The first-order chi connectivity index (χ1) is 10.4. The zero-order valence-electron chi connectivity index (χ0n) is 10.9. The van der Waals surface area contributed by atoms with Gasteiger partial charge in [0.25, 0.3) is 5.82 Å². The zero-order valence-corrected chi connectivity index (χ0v) is 12.5. The number of benzene rings is 1. The van der Waals surface area contributed by atoms with Crippen molar-refractivity contribution in [2.45, 2.75) is 6.18 Å². The Hall–Kier alpha value is -2.22. The molecule has 1 aromatic carbocycles. The number of halogens is 4. The van der Waals surface area contributed by atoms with Crippen LogP contribution >= 0.6 is 15.9 Å². The molecule has 0 aliphatic rings. The van der Waals surface area contributed by atoms with Gasteiger partial charge in [0.1, 0.15) is 0 Å². The van der Waals surface area contributed by atoms with E-state index in [4.69, 9.17) is 0 Å². The van der Waals surface area contributed by atoms with Gasteiger partial charge in [-0.1, -0.05) is 30.3 Å². The Morgan fingerprint density at radius 1 is 1.00 bits per heavy atom. The molecular formula is C14H8BrF3N4. The van der Waals surface area contributed by atoms with Gasteiger partial charge in [-0.3, -0.25) is 4.98 Å². The van der Waals surface area contributed by atoms with Crippen LogP contribution in [0.4, 0.5) is 13.2 Å². The summed E-state index contributed by atoms with van der Waals surface area (Å²) < 4.78 is 39.0.